The summed E-state index contributed by atoms with van der Waals surface area (Å²) in [5.41, 5.74) is 25.9. The molecule has 0 aromatic heterocycles. The zero-order chi connectivity index (χ0) is 54.6. The van der Waals surface area contributed by atoms with E-state index in [9.17, 15) is 0 Å². The van der Waals surface area contributed by atoms with Gasteiger partial charge in [0.25, 0.3) is 0 Å². The van der Waals surface area contributed by atoms with Crippen molar-refractivity contribution in [1.82, 2.24) is 0 Å². The van der Waals surface area contributed by atoms with Gasteiger partial charge in [-0.15, -0.1) is 0 Å². The van der Waals surface area contributed by atoms with Crippen LogP contribution in [0.15, 0.2) is 309 Å². The first-order chi connectivity index (χ1) is 41.2. The molecule has 0 fully saturated rings. The zero-order valence-corrected chi connectivity index (χ0v) is 45.2. The highest BCUT2D eigenvalue weighted by Gasteiger charge is 2.53. The van der Waals surface area contributed by atoms with Crippen molar-refractivity contribution >= 4 is 17.1 Å². The molecule has 388 valence electrons. The number of anilines is 3. The Balaban J connectivity index is 0.849. The van der Waals surface area contributed by atoms with E-state index >= 15 is 0 Å². The fourth-order valence-corrected chi connectivity index (χ4v) is 14.6. The number of hydrogen-bond acceptors (Lipinski definition) is 3. The van der Waals surface area contributed by atoms with E-state index in [1.807, 2.05) is 0 Å². The van der Waals surface area contributed by atoms with Crippen LogP contribution in [-0.2, 0) is 10.8 Å². The van der Waals surface area contributed by atoms with E-state index in [1.165, 1.54) is 66.8 Å². The van der Waals surface area contributed by atoms with Gasteiger partial charge in [0, 0.05) is 39.2 Å². The van der Waals surface area contributed by atoms with E-state index in [2.05, 4.69) is 314 Å². The number of hydrogen-bond donors (Lipinski definition) is 0. The van der Waals surface area contributed by atoms with Crippen LogP contribution in [0.25, 0.3) is 66.8 Å². The number of rotatable bonds is 7. The number of ether oxygens (including phenoxy) is 2. The van der Waals surface area contributed by atoms with E-state index in [4.69, 9.17) is 9.47 Å². The van der Waals surface area contributed by atoms with Gasteiger partial charge < -0.3 is 14.4 Å². The van der Waals surface area contributed by atoms with Crippen LogP contribution in [0.2, 0.25) is 0 Å². The van der Waals surface area contributed by atoms with Crippen LogP contribution in [0.5, 0.6) is 23.0 Å². The molecule has 0 unspecified atom stereocenters. The standard InChI is InChI=1S/C80H51NO2/c1-2-21-52(22-3-1)54-23-18-24-55(49-54)53-43-46-58(47-44-53)81(59-26-19-25-56(50-59)57-45-48-67-64(51-57)60-27-4-7-31-65(60)79(67)68-33-9-14-39-74(68)82-75-40-15-10-34-69(75)79)73-38-13-6-28-61(73)62-30-20-37-72-78(62)63-29-5-8-32-66(63)80(72)70-35-11-16-41-76(70)83-77-42-17-12-36-71(77)80/h1-51H. The van der Waals surface area contributed by atoms with Gasteiger partial charge in [-0.2, -0.15) is 0 Å². The summed E-state index contributed by atoms with van der Waals surface area (Å²) in [5, 5.41) is 0. The summed E-state index contributed by atoms with van der Waals surface area (Å²) in [5.74, 6) is 3.55. The Morgan fingerprint density at radius 3 is 1.24 bits per heavy atom. The minimum atomic E-state index is -0.600. The van der Waals surface area contributed by atoms with Crippen LogP contribution < -0.4 is 14.4 Å². The predicted molar refractivity (Wildman–Crippen MR) is 338 cm³/mol. The van der Waals surface area contributed by atoms with Crippen LogP contribution in [0, 0.1) is 0 Å². The summed E-state index contributed by atoms with van der Waals surface area (Å²) in [6, 6.07) is 113. The molecular formula is C80H51NO2. The Bertz CT molecular complexity index is 4670. The molecule has 0 radical (unpaired) electrons. The lowest BCUT2D eigenvalue weighted by molar-refractivity contribution is 0.436. The average Bonchev–Trinajstić information content (AvgIpc) is 4.21. The van der Waals surface area contributed by atoms with Gasteiger partial charge in [-0.3, -0.25) is 0 Å². The summed E-state index contributed by atoms with van der Waals surface area (Å²) in [6.45, 7) is 0. The Hall–Kier alpha value is -10.7. The lowest BCUT2D eigenvalue weighted by Gasteiger charge is -2.39. The van der Waals surface area contributed by atoms with Crippen LogP contribution in [0.3, 0.4) is 0 Å². The average molecular weight is 1060 g/mol. The molecule has 13 aromatic rings. The number of fused-ring (bicyclic) bond motifs is 18. The molecule has 0 amide bonds. The van der Waals surface area contributed by atoms with Gasteiger partial charge in [-0.05, 0) is 150 Å². The van der Waals surface area contributed by atoms with Crippen molar-refractivity contribution in [2.75, 3.05) is 4.90 Å². The largest absolute Gasteiger partial charge is 0.457 e. The Labute approximate surface area is 483 Å². The molecule has 2 heterocycles. The second-order valence-corrected chi connectivity index (χ2v) is 22.2. The Morgan fingerprint density at radius 2 is 0.614 bits per heavy atom. The Morgan fingerprint density at radius 1 is 0.217 bits per heavy atom. The van der Waals surface area contributed by atoms with Crippen LogP contribution in [0.4, 0.5) is 17.1 Å². The fourth-order valence-electron chi connectivity index (χ4n) is 14.6. The first kappa shape index (κ1) is 47.1. The van der Waals surface area contributed by atoms with Crippen molar-refractivity contribution in [1.29, 1.82) is 0 Å². The van der Waals surface area contributed by atoms with E-state index in [0.717, 1.165) is 84.6 Å². The molecule has 0 bridgehead atoms. The van der Waals surface area contributed by atoms with E-state index in [0.29, 0.717) is 0 Å². The third kappa shape index (κ3) is 6.86. The maximum atomic E-state index is 6.74. The SMILES string of the molecule is c1ccc(-c2cccc(-c3ccc(N(c4cccc(-c5ccc6c(c5)-c5ccccc5C65c6ccccc6Oc6ccccc65)c4)c4ccccc4-c4cccc5c4-c4ccccc4C54c5ccccc5Oc5ccccc54)cc3)c2)cc1. The third-order valence-corrected chi connectivity index (χ3v) is 18.0. The quantitative estimate of drug-likeness (QED) is 0.159. The molecule has 83 heavy (non-hydrogen) atoms. The van der Waals surface area contributed by atoms with Gasteiger partial charge >= 0.3 is 0 Å². The van der Waals surface area contributed by atoms with Crippen molar-refractivity contribution in [3.8, 4) is 89.8 Å². The second-order valence-electron chi connectivity index (χ2n) is 22.2. The highest BCUT2D eigenvalue weighted by Crippen LogP contribution is 2.65. The van der Waals surface area contributed by atoms with E-state index in [-0.39, 0.29) is 0 Å². The number of benzene rings is 13. The molecule has 3 heteroatoms. The number of para-hydroxylation sites is 5. The van der Waals surface area contributed by atoms with Crippen molar-refractivity contribution in [3.05, 3.63) is 354 Å². The van der Waals surface area contributed by atoms with Crippen LogP contribution in [0.1, 0.15) is 44.5 Å². The van der Waals surface area contributed by atoms with Gasteiger partial charge in [0.2, 0.25) is 0 Å². The molecule has 0 saturated heterocycles. The van der Waals surface area contributed by atoms with Crippen molar-refractivity contribution in [3.63, 3.8) is 0 Å². The van der Waals surface area contributed by atoms with Gasteiger partial charge in [-0.1, -0.05) is 243 Å². The van der Waals surface area contributed by atoms with Gasteiger partial charge in [0.1, 0.15) is 23.0 Å². The lowest BCUT2D eigenvalue weighted by Crippen LogP contribution is -2.32. The molecule has 17 rings (SSSR count). The molecule has 2 aliphatic carbocycles. The van der Waals surface area contributed by atoms with Gasteiger partial charge in [0.05, 0.1) is 16.5 Å². The molecule has 0 saturated carbocycles. The van der Waals surface area contributed by atoms with Crippen LogP contribution >= 0.6 is 0 Å². The molecule has 3 nitrogen and oxygen atoms in total. The topological polar surface area (TPSA) is 21.7 Å². The fraction of sp³-hybridized carbons (Fsp3) is 0.0250. The maximum absolute atomic E-state index is 6.74. The molecule has 4 aliphatic rings. The first-order valence-electron chi connectivity index (χ1n) is 28.6. The minimum absolute atomic E-state index is 0.539. The number of nitrogens with zero attached hydrogens (tertiary/aromatic N) is 1. The Kier molecular flexibility index (Phi) is 10.4. The predicted octanol–water partition coefficient (Wildman–Crippen LogP) is 20.8. The maximum Gasteiger partial charge on any atom is 0.132 e. The molecule has 0 N–H and O–H groups in total. The highest BCUT2D eigenvalue weighted by molar-refractivity contribution is 6.01. The summed E-state index contributed by atoms with van der Waals surface area (Å²) in [4.78, 5) is 2.46. The first-order valence-corrected chi connectivity index (χ1v) is 28.6. The van der Waals surface area contributed by atoms with Crippen molar-refractivity contribution in [2.45, 2.75) is 10.8 Å². The lowest BCUT2D eigenvalue weighted by atomic mass is 9.66. The summed E-state index contributed by atoms with van der Waals surface area (Å²) < 4.78 is 13.4. The molecular weight excluding hydrogens is 1010 g/mol. The van der Waals surface area contributed by atoms with Crippen molar-refractivity contribution < 1.29 is 9.47 Å². The molecule has 2 spiro atoms. The summed E-state index contributed by atoms with van der Waals surface area (Å²) in [6.07, 6.45) is 0. The van der Waals surface area contributed by atoms with E-state index < -0.39 is 10.8 Å². The third-order valence-electron chi connectivity index (χ3n) is 18.0. The zero-order valence-electron chi connectivity index (χ0n) is 45.2. The highest BCUT2D eigenvalue weighted by atomic mass is 16.5. The van der Waals surface area contributed by atoms with Gasteiger partial charge in [-0.25, -0.2) is 0 Å². The van der Waals surface area contributed by atoms with Gasteiger partial charge in [0.15, 0.2) is 0 Å². The summed E-state index contributed by atoms with van der Waals surface area (Å²) >= 11 is 0. The molecule has 13 aromatic carbocycles. The normalized spacial score (nSPS) is 13.7. The monoisotopic (exact) mass is 1060 g/mol. The smallest absolute Gasteiger partial charge is 0.132 e. The van der Waals surface area contributed by atoms with E-state index in [1.54, 1.807) is 0 Å². The minimum Gasteiger partial charge on any atom is -0.457 e. The second kappa shape index (κ2) is 18.4. The summed E-state index contributed by atoms with van der Waals surface area (Å²) in [7, 11) is 0. The van der Waals surface area contributed by atoms with Crippen LogP contribution in [-0.4, -0.2) is 0 Å². The molecule has 0 atom stereocenters. The van der Waals surface area contributed by atoms with Crippen molar-refractivity contribution in [2.24, 2.45) is 0 Å². The molecule has 2 aliphatic heterocycles.